The highest BCUT2D eigenvalue weighted by Crippen LogP contribution is 2.10. The second kappa shape index (κ2) is 10.4. The summed E-state index contributed by atoms with van der Waals surface area (Å²) in [5.74, 6) is -1.68. The second-order valence-electron chi connectivity index (χ2n) is 6.60. The first-order valence-corrected chi connectivity index (χ1v) is 8.14. The number of carboxylic acids is 1. The van der Waals surface area contributed by atoms with E-state index in [2.05, 4.69) is 5.32 Å². The number of hydrogen-bond acceptors (Lipinski definition) is 6. The Balaban J connectivity index is 2.54. The molecular formula is C18H25NO7. The Morgan fingerprint density at radius 3 is 2.38 bits per heavy atom. The van der Waals surface area contributed by atoms with E-state index >= 15 is 0 Å². The van der Waals surface area contributed by atoms with Crippen molar-refractivity contribution in [2.45, 2.75) is 45.4 Å². The van der Waals surface area contributed by atoms with Gasteiger partial charge in [0.25, 0.3) is 0 Å². The summed E-state index contributed by atoms with van der Waals surface area (Å²) in [6.45, 7) is 4.55. The SMILES string of the molecule is CC(C)(C)OC(=O)CC(COCC(=O)O)NC(=O)OCc1ccccc1. The zero-order valence-corrected chi connectivity index (χ0v) is 15.2. The van der Waals surface area contributed by atoms with E-state index in [0.717, 1.165) is 5.56 Å². The van der Waals surface area contributed by atoms with Gasteiger partial charge < -0.3 is 24.6 Å². The van der Waals surface area contributed by atoms with Gasteiger partial charge in [-0.05, 0) is 26.3 Å². The maximum atomic E-state index is 11.9. The average Bonchev–Trinajstić information content (AvgIpc) is 2.51. The zero-order valence-electron chi connectivity index (χ0n) is 15.2. The zero-order chi connectivity index (χ0) is 19.6. The number of benzene rings is 1. The van der Waals surface area contributed by atoms with Crippen molar-refractivity contribution >= 4 is 18.0 Å². The van der Waals surface area contributed by atoms with Crippen LogP contribution in [0.1, 0.15) is 32.8 Å². The minimum atomic E-state index is -1.15. The molecule has 0 saturated carbocycles. The van der Waals surface area contributed by atoms with Crippen LogP contribution < -0.4 is 5.32 Å². The van der Waals surface area contributed by atoms with Gasteiger partial charge in [-0.1, -0.05) is 30.3 Å². The third-order valence-corrected chi connectivity index (χ3v) is 2.91. The number of carboxylic acid groups (broad SMARTS) is 1. The Bertz CT molecular complexity index is 595. The first-order chi connectivity index (χ1) is 12.2. The van der Waals surface area contributed by atoms with Crippen molar-refractivity contribution in [3.63, 3.8) is 0 Å². The maximum absolute atomic E-state index is 11.9. The quantitative estimate of drug-likeness (QED) is 0.643. The molecule has 0 spiro atoms. The highest BCUT2D eigenvalue weighted by molar-refractivity contribution is 5.73. The number of carbonyl (C=O) groups is 3. The molecule has 1 amide bonds. The van der Waals surface area contributed by atoms with Crippen molar-refractivity contribution in [1.82, 2.24) is 5.32 Å². The van der Waals surface area contributed by atoms with Crippen molar-refractivity contribution in [2.75, 3.05) is 13.2 Å². The number of esters is 1. The van der Waals surface area contributed by atoms with Gasteiger partial charge >= 0.3 is 18.0 Å². The van der Waals surface area contributed by atoms with Gasteiger partial charge in [-0.15, -0.1) is 0 Å². The summed E-state index contributed by atoms with van der Waals surface area (Å²) in [6, 6.07) is 8.33. The minimum Gasteiger partial charge on any atom is -0.480 e. The third kappa shape index (κ3) is 10.3. The molecule has 26 heavy (non-hydrogen) atoms. The normalized spacial score (nSPS) is 12.1. The lowest BCUT2D eigenvalue weighted by molar-refractivity contribution is -0.155. The van der Waals surface area contributed by atoms with Crippen LogP contribution >= 0.6 is 0 Å². The van der Waals surface area contributed by atoms with Gasteiger partial charge in [0.15, 0.2) is 0 Å². The minimum absolute atomic E-state index is 0.0712. The van der Waals surface area contributed by atoms with Crippen LogP contribution in [-0.4, -0.2) is 48.0 Å². The summed E-state index contributed by atoms with van der Waals surface area (Å²) in [5.41, 5.74) is 0.144. The highest BCUT2D eigenvalue weighted by atomic mass is 16.6. The van der Waals surface area contributed by atoms with Gasteiger partial charge in [-0.25, -0.2) is 9.59 Å². The van der Waals surface area contributed by atoms with Crippen LogP contribution in [0.15, 0.2) is 30.3 Å². The fourth-order valence-electron chi connectivity index (χ4n) is 1.96. The Morgan fingerprint density at radius 1 is 1.15 bits per heavy atom. The lowest BCUT2D eigenvalue weighted by Crippen LogP contribution is -2.41. The maximum Gasteiger partial charge on any atom is 0.407 e. The molecule has 0 aliphatic rings. The van der Waals surface area contributed by atoms with Crippen molar-refractivity contribution in [3.8, 4) is 0 Å². The van der Waals surface area contributed by atoms with Gasteiger partial charge in [0, 0.05) is 0 Å². The molecule has 0 saturated heterocycles. The fourth-order valence-corrected chi connectivity index (χ4v) is 1.96. The summed E-state index contributed by atoms with van der Waals surface area (Å²) < 4.78 is 15.3. The fraction of sp³-hybridized carbons (Fsp3) is 0.500. The molecule has 8 nitrogen and oxygen atoms in total. The number of amides is 1. The molecule has 1 rings (SSSR count). The van der Waals surface area contributed by atoms with E-state index in [-0.39, 0.29) is 19.6 Å². The topological polar surface area (TPSA) is 111 Å². The molecule has 1 aromatic rings. The summed E-state index contributed by atoms with van der Waals surface area (Å²) in [7, 11) is 0. The Labute approximate surface area is 152 Å². The van der Waals surface area contributed by atoms with Gasteiger partial charge in [-0.2, -0.15) is 0 Å². The van der Waals surface area contributed by atoms with Crippen LogP contribution in [0.4, 0.5) is 4.79 Å². The van der Waals surface area contributed by atoms with E-state index in [1.807, 2.05) is 18.2 Å². The first-order valence-electron chi connectivity index (χ1n) is 8.14. The standard InChI is InChI=1S/C18H25NO7/c1-18(2,3)26-16(22)9-14(11-24-12-15(20)21)19-17(23)25-10-13-7-5-4-6-8-13/h4-8,14H,9-12H2,1-3H3,(H,19,23)(H,20,21). The van der Waals surface area contributed by atoms with E-state index in [0.29, 0.717) is 0 Å². The molecule has 0 aliphatic carbocycles. The lowest BCUT2D eigenvalue weighted by Gasteiger charge is -2.22. The van der Waals surface area contributed by atoms with Crippen LogP contribution in [0.2, 0.25) is 0 Å². The monoisotopic (exact) mass is 367 g/mol. The number of aliphatic carboxylic acids is 1. The number of alkyl carbamates (subject to hydrolysis) is 1. The number of carbonyl (C=O) groups excluding carboxylic acids is 2. The molecule has 0 heterocycles. The van der Waals surface area contributed by atoms with Gasteiger partial charge in [0.05, 0.1) is 19.1 Å². The summed E-state index contributed by atoms with van der Waals surface area (Å²) in [4.78, 5) is 34.4. The van der Waals surface area contributed by atoms with Crippen LogP contribution in [0.25, 0.3) is 0 Å². The molecule has 0 fully saturated rings. The predicted octanol–water partition coefficient (Wildman–Crippen LogP) is 2.11. The van der Waals surface area contributed by atoms with Crippen molar-refractivity contribution < 1.29 is 33.7 Å². The molecule has 0 bridgehead atoms. The average molecular weight is 367 g/mol. The van der Waals surface area contributed by atoms with E-state index < -0.39 is 36.3 Å². The smallest absolute Gasteiger partial charge is 0.407 e. The molecule has 0 aromatic heterocycles. The lowest BCUT2D eigenvalue weighted by atomic mass is 10.2. The molecular weight excluding hydrogens is 342 g/mol. The molecule has 1 aromatic carbocycles. The van der Waals surface area contributed by atoms with Crippen molar-refractivity contribution in [1.29, 1.82) is 0 Å². The third-order valence-electron chi connectivity index (χ3n) is 2.91. The van der Waals surface area contributed by atoms with Crippen LogP contribution in [0.5, 0.6) is 0 Å². The Hall–Kier alpha value is -2.61. The van der Waals surface area contributed by atoms with E-state index in [4.69, 9.17) is 19.3 Å². The number of ether oxygens (including phenoxy) is 3. The van der Waals surface area contributed by atoms with Crippen molar-refractivity contribution in [2.24, 2.45) is 0 Å². The molecule has 0 aliphatic heterocycles. The summed E-state index contributed by atoms with van der Waals surface area (Å²) >= 11 is 0. The van der Waals surface area contributed by atoms with Gasteiger partial charge in [-0.3, -0.25) is 4.79 Å². The number of nitrogens with one attached hydrogen (secondary N) is 1. The summed E-state index contributed by atoms with van der Waals surface area (Å²) in [6.07, 6.45) is -0.904. The molecule has 144 valence electrons. The highest BCUT2D eigenvalue weighted by Gasteiger charge is 2.22. The first kappa shape index (κ1) is 21.4. The largest absolute Gasteiger partial charge is 0.480 e. The number of rotatable bonds is 9. The van der Waals surface area contributed by atoms with Crippen molar-refractivity contribution in [3.05, 3.63) is 35.9 Å². The van der Waals surface area contributed by atoms with Crippen LogP contribution in [-0.2, 0) is 30.4 Å². The van der Waals surface area contributed by atoms with E-state index in [1.165, 1.54) is 0 Å². The second-order valence-corrected chi connectivity index (χ2v) is 6.60. The summed E-state index contributed by atoms with van der Waals surface area (Å²) in [5, 5.41) is 11.1. The van der Waals surface area contributed by atoms with Gasteiger partial charge in [0.2, 0.25) is 0 Å². The van der Waals surface area contributed by atoms with E-state index in [9.17, 15) is 14.4 Å². The molecule has 1 atom stereocenters. The number of hydrogen-bond donors (Lipinski definition) is 2. The molecule has 8 heteroatoms. The molecule has 2 N–H and O–H groups in total. The Morgan fingerprint density at radius 2 is 1.81 bits per heavy atom. The van der Waals surface area contributed by atoms with E-state index in [1.54, 1.807) is 32.9 Å². The molecule has 1 unspecified atom stereocenters. The van der Waals surface area contributed by atoms with Crippen LogP contribution in [0.3, 0.4) is 0 Å². The van der Waals surface area contributed by atoms with Crippen LogP contribution in [0, 0.1) is 0 Å². The Kier molecular flexibility index (Phi) is 8.57. The predicted molar refractivity (Wildman–Crippen MR) is 92.5 cm³/mol. The molecule has 0 radical (unpaired) electrons. The van der Waals surface area contributed by atoms with Gasteiger partial charge in [0.1, 0.15) is 18.8 Å².